The first-order chi connectivity index (χ1) is 30.6. The predicted octanol–water partition coefficient (Wildman–Crippen LogP) is 7.99. The lowest BCUT2D eigenvalue weighted by Gasteiger charge is -2.37. The Kier molecular flexibility index (Phi) is 33.5. The maximum atomic E-state index is 5.29. The molecule has 0 radical (unpaired) electrons. The minimum Gasteiger partial charge on any atom is -0.380 e. The molecule has 0 aromatic heterocycles. The van der Waals surface area contributed by atoms with Crippen molar-refractivity contribution in [3.05, 3.63) is 0 Å². The first-order valence-corrected chi connectivity index (χ1v) is 27.3. The van der Waals surface area contributed by atoms with Crippen LogP contribution in [0.25, 0.3) is 0 Å². The Balaban J connectivity index is 0.000000390. The molecule has 0 aromatic rings. The molecule has 3 unspecified atom stereocenters. The highest BCUT2D eigenvalue weighted by atomic mass is 16.5. The zero-order valence-corrected chi connectivity index (χ0v) is 47.5. The number of nitrogens with zero attached hydrogens (tertiary/aromatic N) is 8. The Bertz CT molecular complexity index is 1020. The molecule has 65 heavy (non-hydrogen) atoms. The predicted molar refractivity (Wildman–Crippen MR) is 287 cm³/mol. The fourth-order valence-corrected chi connectivity index (χ4v) is 9.71. The van der Waals surface area contributed by atoms with E-state index in [0.29, 0.717) is 36.3 Å². The van der Waals surface area contributed by atoms with E-state index in [2.05, 4.69) is 189 Å². The molecule has 6 fully saturated rings. The summed E-state index contributed by atoms with van der Waals surface area (Å²) in [6.45, 7) is 38.8. The van der Waals surface area contributed by atoms with E-state index in [-0.39, 0.29) is 0 Å². The van der Waals surface area contributed by atoms with Gasteiger partial charge in [0.05, 0.1) is 6.61 Å². The van der Waals surface area contributed by atoms with Crippen LogP contribution >= 0.6 is 0 Å². The van der Waals surface area contributed by atoms with Crippen LogP contribution in [0.3, 0.4) is 0 Å². The lowest BCUT2D eigenvalue weighted by molar-refractivity contribution is 0.120. The summed E-state index contributed by atoms with van der Waals surface area (Å²) in [4.78, 5) is 19.7. The molecule has 11 heteroatoms. The van der Waals surface area contributed by atoms with E-state index in [1.165, 1.54) is 129 Å². The van der Waals surface area contributed by atoms with E-state index < -0.39 is 0 Å². The number of ether oxygens (including phenoxy) is 1. The molecule has 5 saturated heterocycles. The minimum absolute atomic E-state index is 0.645. The van der Waals surface area contributed by atoms with Crippen molar-refractivity contribution in [1.29, 1.82) is 0 Å². The van der Waals surface area contributed by atoms with Gasteiger partial charge in [-0.25, -0.2) is 0 Å². The first kappa shape index (κ1) is 62.6. The molecular formula is C54H118N10O. The molecule has 5 aliphatic heterocycles. The highest BCUT2D eigenvalue weighted by Crippen LogP contribution is 2.23. The summed E-state index contributed by atoms with van der Waals surface area (Å²) in [5, 5.41) is 6.75. The van der Waals surface area contributed by atoms with Gasteiger partial charge in [0.15, 0.2) is 0 Å². The van der Waals surface area contributed by atoms with Crippen LogP contribution < -0.4 is 10.6 Å². The maximum Gasteiger partial charge on any atom is 0.0622 e. The topological polar surface area (TPSA) is 59.2 Å². The quantitative estimate of drug-likeness (QED) is 0.201. The van der Waals surface area contributed by atoms with Gasteiger partial charge in [0, 0.05) is 92.2 Å². The second kappa shape index (κ2) is 34.8. The zero-order valence-electron chi connectivity index (χ0n) is 47.5. The molecule has 6 rings (SSSR count). The summed E-state index contributed by atoms with van der Waals surface area (Å²) in [6, 6.07) is 8.87. The molecule has 0 spiro atoms. The van der Waals surface area contributed by atoms with E-state index in [1.54, 1.807) is 0 Å². The number of likely N-dealkylation sites (N-methyl/N-ethyl adjacent to an activating group) is 4. The number of likely N-dealkylation sites (tertiary alicyclic amines) is 2. The number of piperidine rings is 2. The van der Waals surface area contributed by atoms with Gasteiger partial charge in [0.25, 0.3) is 0 Å². The number of nitrogens with one attached hydrogen (secondary N) is 2. The van der Waals surface area contributed by atoms with Crippen LogP contribution in [0.2, 0.25) is 0 Å². The first-order valence-electron chi connectivity index (χ1n) is 27.3. The van der Waals surface area contributed by atoms with Crippen molar-refractivity contribution < 1.29 is 4.74 Å². The van der Waals surface area contributed by atoms with Crippen LogP contribution in [0.5, 0.6) is 0 Å². The van der Waals surface area contributed by atoms with Gasteiger partial charge in [-0.05, 0) is 237 Å². The van der Waals surface area contributed by atoms with Gasteiger partial charge >= 0.3 is 0 Å². The monoisotopic (exact) mass is 923 g/mol. The second-order valence-electron chi connectivity index (χ2n) is 22.7. The standard InChI is InChI=1S/C10H22N2.C10H21N.2C9H20N2.C8H18N2.C8H17NO/c1-9(2)12(4)10-5-7-11(3)8-6-10;1-9(2)11(3)10-7-5-4-6-8-10;1-8(2)11(4)9-5-6-10(3)7-9;1-8(2)11(3)9-4-6-10-7-5-9;1-7(2)10(3)8-4-5-9-6-8;1-7(2)9(3)8-4-5-10-6-8/h9-10H,5-8H2,1-4H3;9-10H,4-8H2,1-3H3;8-9H,5-7H2,1-4H3;8-10H,4-7H2,1-3H3;7-9H,4-6H2,1-3H3;7-8H,4-6H2,1-3H3. The minimum atomic E-state index is 0.645. The van der Waals surface area contributed by atoms with Crippen molar-refractivity contribution in [3.8, 4) is 0 Å². The zero-order chi connectivity index (χ0) is 49.2. The van der Waals surface area contributed by atoms with Gasteiger partial charge in [0.2, 0.25) is 0 Å². The van der Waals surface area contributed by atoms with E-state index in [9.17, 15) is 0 Å². The Morgan fingerprint density at radius 2 is 0.738 bits per heavy atom. The van der Waals surface area contributed by atoms with Crippen molar-refractivity contribution in [1.82, 2.24) is 49.8 Å². The van der Waals surface area contributed by atoms with E-state index in [4.69, 9.17) is 4.74 Å². The van der Waals surface area contributed by atoms with Crippen LogP contribution in [0, 0.1) is 0 Å². The summed E-state index contributed by atoms with van der Waals surface area (Å²) in [6.07, 6.45) is 16.4. The molecule has 0 amide bonds. The maximum absolute atomic E-state index is 5.29. The summed E-state index contributed by atoms with van der Waals surface area (Å²) < 4.78 is 5.29. The largest absolute Gasteiger partial charge is 0.380 e. The second-order valence-corrected chi connectivity index (χ2v) is 22.7. The van der Waals surface area contributed by atoms with Gasteiger partial charge < -0.3 is 39.9 Å². The van der Waals surface area contributed by atoms with E-state index in [0.717, 1.165) is 49.5 Å². The third-order valence-electron chi connectivity index (χ3n) is 16.2. The third-order valence-corrected chi connectivity index (χ3v) is 16.2. The summed E-state index contributed by atoms with van der Waals surface area (Å²) in [5.41, 5.74) is 0. The molecule has 2 N–H and O–H groups in total. The van der Waals surface area contributed by atoms with Crippen molar-refractivity contribution in [2.75, 3.05) is 122 Å². The number of rotatable bonds is 12. The molecular weight excluding hydrogens is 805 g/mol. The van der Waals surface area contributed by atoms with E-state index in [1.807, 2.05) is 0 Å². The SMILES string of the molecule is CC(C)N(C)C1CCCCC1.CC(C)N(C)C1CCN(C)C1.CC(C)N(C)C1CCN(C)CC1.CC(C)N(C)C1CCNC1.CC(C)N(C)C1CCNCC1.CC(C)N(C)C1CCOC1. The Hall–Kier alpha value is -0.440. The Labute approximate surface area is 407 Å². The Morgan fingerprint density at radius 1 is 0.385 bits per heavy atom. The van der Waals surface area contributed by atoms with Crippen LogP contribution in [-0.4, -0.2) is 234 Å². The van der Waals surface area contributed by atoms with Crippen LogP contribution in [-0.2, 0) is 4.74 Å². The van der Waals surface area contributed by atoms with Gasteiger partial charge in [-0.15, -0.1) is 0 Å². The van der Waals surface area contributed by atoms with Gasteiger partial charge in [-0.3, -0.25) is 14.7 Å². The van der Waals surface area contributed by atoms with Crippen molar-refractivity contribution in [3.63, 3.8) is 0 Å². The van der Waals surface area contributed by atoms with Crippen LogP contribution in [0.1, 0.15) is 160 Å². The van der Waals surface area contributed by atoms with Gasteiger partial charge in [-0.1, -0.05) is 19.3 Å². The lowest BCUT2D eigenvalue weighted by Crippen LogP contribution is -2.44. The van der Waals surface area contributed by atoms with Crippen LogP contribution in [0.4, 0.5) is 0 Å². The molecule has 5 heterocycles. The van der Waals surface area contributed by atoms with Gasteiger partial charge in [0.1, 0.15) is 0 Å². The summed E-state index contributed by atoms with van der Waals surface area (Å²) in [5.74, 6) is 0. The van der Waals surface area contributed by atoms with Crippen molar-refractivity contribution in [2.24, 2.45) is 0 Å². The molecule has 0 aromatic carbocycles. The lowest BCUT2D eigenvalue weighted by atomic mass is 9.94. The smallest absolute Gasteiger partial charge is 0.0622 e. The Morgan fingerprint density at radius 3 is 1.12 bits per heavy atom. The number of hydrogen-bond acceptors (Lipinski definition) is 11. The fraction of sp³-hybridized carbons (Fsp3) is 1.00. The molecule has 1 saturated carbocycles. The highest BCUT2D eigenvalue weighted by molar-refractivity contribution is 4.83. The number of hydrogen-bond donors (Lipinski definition) is 2. The fourth-order valence-electron chi connectivity index (χ4n) is 9.71. The third kappa shape index (κ3) is 25.8. The van der Waals surface area contributed by atoms with Crippen molar-refractivity contribution >= 4 is 0 Å². The highest BCUT2D eigenvalue weighted by Gasteiger charge is 2.26. The molecule has 3 atom stereocenters. The molecule has 0 bridgehead atoms. The summed E-state index contributed by atoms with van der Waals surface area (Å²) >= 11 is 0. The van der Waals surface area contributed by atoms with Crippen LogP contribution in [0.15, 0.2) is 0 Å². The van der Waals surface area contributed by atoms with Gasteiger partial charge in [-0.2, -0.15) is 0 Å². The summed E-state index contributed by atoms with van der Waals surface area (Å²) in [7, 11) is 17.8. The van der Waals surface area contributed by atoms with E-state index >= 15 is 0 Å². The van der Waals surface area contributed by atoms with Crippen molar-refractivity contribution in [2.45, 2.75) is 233 Å². The average Bonchev–Trinajstić information content (AvgIpc) is 4.12. The normalized spacial score (nSPS) is 24.3. The molecule has 6 aliphatic rings. The average molecular weight is 924 g/mol. The molecule has 1 aliphatic carbocycles. The molecule has 11 nitrogen and oxygen atoms in total. The molecule has 390 valence electrons.